The fourth-order valence-corrected chi connectivity index (χ4v) is 5.91. The largest absolute Gasteiger partial charge is 0.354 e. The van der Waals surface area contributed by atoms with Crippen molar-refractivity contribution in [1.82, 2.24) is 10.2 Å². The number of carbonyl (C=O) groups excluding carboxylic acids is 2. The molecule has 0 radical (unpaired) electrons. The van der Waals surface area contributed by atoms with Crippen LogP contribution in [0.5, 0.6) is 0 Å². The molecule has 0 heterocycles. The Labute approximate surface area is 239 Å². The second-order valence-electron chi connectivity index (χ2n) is 8.84. The van der Waals surface area contributed by atoms with Crippen molar-refractivity contribution in [2.45, 2.75) is 44.0 Å². The summed E-state index contributed by atoms with van der Waals surface area (Å²) in [5, 5.41) is 2.90. The van der Waals surface area contributed by atoms with Crippen LogP contribution >= 0.6 is 22.6 Å². The molecule has 0 aliphatic carbocycles. The Hall–Kier alpha value is -2.92. The number of hydrogen-bond acceptors (Lipinski definition) is 4. The normalized spacial score (nSPS) is 12.0. The van der Waals surface area contributed by atoms with Crippen molar-refractivity contribution in [1.29, 1.82) is 0 Å². The lowest BCUT2D eigenvalue weighted by atomic mass is 10.1. The van der Waals surface area contributed by atoms with Gasteiger partial charge in [-0.1, -0.05) is 62.4 Å². The molecule has 0 aromatic heterocycles. The average Bonchev–Trinajstić information content (AvgIpc) is 2.94. The molecule has 0 spiro atoms. The highest BCUT2D eigenvalue weighted by molar-refractivity contribution is 14.1. The number of sulfonamides is 1. The van der Waals surface area contributed by atoms with Crippen LogP contribution in [0, 0.1) is 3.57 Å². The standard InChI is InChI=1S/C29H34IN3O4S/c1-3-20-31-29(35)27(4-2)32(21-19-23-11-7-5-8-12-23)28(34)22-33(25-17-15-24(30)16-18-25)38(36,37)26-13-9-6-10-14-26/h5-18,27H,3-4,19-22H2,1-2H3,(H,31,35)/t27-/m1/s1. The molecule has 1 atom stereocenters. The summed E-state index contributed by atoms with van der Waals surface area (Å²) in [7, 11) is -4.05. The molecule has 0 bridgehead atoms. The van der Waals surface area contributed by atoms with Crippen LogP contribution in [-0.2, 0) is 26.0 Å². The van der Waals surface area contributed by atoms with Crippen molar-refractivity contribution in [3.8, 4) is 0 Å². The molecule has 0 aliphatic heterocycles. The molecule has 0 saturated carbocycles. The maximum atomic E-state index is 13.9. The van der Waals surface area contributed by atoms with Crippen molar-refractivity contribution < 1.29 is 18.0 Å². The number of anilines is 1. The van der Waals surface area contributed by atoms with E-state index >= 15 is 0 Å². The van der Waals surface area contributed by atoms with Gasteiger partial charge in [0.05, 0.1) is 10.6 Å². The van der Waals surface area contributed by atoms with Gasteiger partial charge in [0.1, 0.15) is 12.6 Å². The SMILES string of the molecule is CCCNC(=O)[C@@H](CC)N(CCc1ccccc1)C(=O)CN(c1ccc(I)cc1)S(=O)(=O)c1ccccc1. The zero-order valence-electron chi connectivity index (χ0n) is 21.7. The maximum absolute atomic E-state index is 13.9. The Morgan fingerprint density at radius 2 is 1.50 bits per heavy atom. The van der Waals surface area contributed by atoms with Crippen LogP contribution in [0.1, 0.15) is 32.3 Å². The molecule has 0 fully saturated rings. The van der Waals surface area contributed by atoms with Gasteiger partial charge in [-0.2, -0.15) is 0 Å². The first kappa shape index (κ1) is 29.6. The lowest BCUT2D eigenvalue weighted by molar-refractivity contribution is -0.139. The van der Waals surface area contributed by atoms with Crippen LogP contribution in [0.3, 0.4) is 0 Å². The predicted octanol–water partition coefficient (Wildman–Crippen LogP) is 4.86. The molecule has 1 N–H and O–H groups in total. The third-order valence-corrected chi connectivity index (χ3v) is 8.65. The van der Waals surface area contributed by atoms with Gasteiger partial charge < -0.3 is 10.2 Å². The van der Waals surface area contributed by atoms with E-state index in [1.165, 1.54) is 17.0 Å². The lowest BCUT2D eigenvalue weighted by Crippen LogP contribution is -2.53. The van der Waals surface area contributed by atoms with Gasteiger partial charge in [-0.25, -0.2) is 8.42 Å². The van der Waals surface area contributed by atoms with E-state index in [9.17, 15) is 18.0 Å². The van der Waals surface area contributed by atoms with E-state index in [0.29, 0.717) is 25.1 Å². The number of benzene rings is 3. The van der Waals surface area contributed by atoms with E-state index in [1.807, 2.05) is 44.2 Å². The molecule has 0 aliphatic rings. The molecule has 9 heteroatoms. The first-order valence-corrected chi connectivity index (χ1v) is 15.2. The molecule has 0 saturated heterocycles. The second kappa shape index (κ2) is 14.3. The van der Waals surface area contributed by atoms with E-state index < -0.39 is 28.5 Å². The number of halogens is 1. The van der Waals surface area contributed by atoms with Crippen molar-refractivity contribution in [3.63, 3.8) is 0 Å². The molecule has 2 amide bonds. The van der Waals surface area contributed by atoms with Crippen LogP contribution in [0.2, 0.25) is 0 Å². The maximum Gasteiger partial charge on any atom is 0.264 e. The summed E-state index contributed by atoms with van der Waals surface area (Å²) in [4.78, 5) is 28.6. The number of nitrogens with one attached hydrogen (secondary N) is 1. The van der Waals surface area contributed by atoms with Crippen molar-refractivity contribution in [3.05, 3.63) is 94.1 Å². The first-order valence-electron chi connectivity index (χ1n) is 12.7. The third kappa shape index (κ3) is 7.80. The Morgan fingerprint density at radius 1 is 0.895 bits per heavy atom. The smallest absolute Gasteiger partial charge is 0.264 e. The monoisotopic (exact) mass is 647 g/mol. The molecular weight excluding hydrogens is 613 g/mol. The minimum absolute atomic E-state index is 0.0925. The van der Waals surface area contributed by atoms with Crippen molar-refractivity contribution in [2.75, 3.05) is 23.9 Å². The Bertz CT molecular complexity index is 1290. The molecule has 3 aromatic rings. The average molecular weight is 648 g/mol. The fraction of sp³-hybridized carbons (Fsp3) is 0.310. The summed E-state index contributed by atoms with van der Waals surface area (Å²) in [5.74, 6) is -0.667. The number of hydrogen-bond donors (Lipinski definition) is 1. The topological polar surface area (TPSA) is 86.8 Å². The highest BCUT2D eigenvalue weighted by atomic mass is 127. The summed E-state index contributed by atoms with van der Waals surface area (Å²) < 4.78 is 29.6. The minimum Gasteiger partial charge on any atom is -0.354 e. The summed E-state index contributed by atoms with van der Waals surface area (Å²) in [6.07, 6.45) is 1.72. The molecule has 7 nitrogen and oxygen atoms in total. The molecule has 0 unspecified atom stereocenters. The van der Waals surface area contributed by atoms with Gasteiger partial charge in [-0.05, 0) is 83.8 Å². The van der Waals surface area contributed by atoms with Gasteiger partial charge in [0.2, 0.25) is 11.8 Å². The Morgan fingerprint density at radius 3 is 2.08 bits per heavy atom. The van der Waals surface area contributed by atoms with Crippen LogP contribution in [0.15, 0.2) is 89.8 Å². The van der Waals surface area contributed by atoms with Gasteiger partial charge in [-0.3, -0.25) is 13.9 Å². The van der Waals surface area contributed by atoms with E-state index in [1.54, 1.807) is 42.5 Å². The van der Waals surface area contributed by atoms with Crippen LogP contribution in [-0.4, -0.2) is 50.8 Å². The zero-order valence-corrected chi connectivity index (χ0v) is 24.7. The minimum atomic E-state index is -4.05. The summed E-state index contributed by atoms with van der Waals surface area (Å²) in [6.45, 7) is 4.19. The van der Waals surface area contributed by atoms with Gasteiger partial charge in [0.15, 0.2) is 0 Å². The first-order chi connectivity index (χ1) is 18.3. The predicted molar refractivity (Wildman–Crippen MR) is 159 cm³/mol. The lowest BCUT2D eigenvalue weighted by Gasteiger charge is -2.33. The Kier molecular flexibility index (Phi) is 11.1. The van der Waals surface area contributed by atoms with E-state index in [0.717, 1.165) is 19.9 Å². The Balaban J connectivity index is 1.97. The van der Waals surface area contributed by atoms with Gasteiger partial charge >= 0.3 is 0 Å². The van der Waals surface area contributed by atoms with Gasteiger partial charge in [0, 0.05) is 16.7 Å². The fourth-order valence-electron chi connectivity index (χ4n) is 4.12. The van der Waals surface area contributed by atoms with Crippen LogP contribution in [0.4, 0.5) is 5.69 Å². The highest BCUT2D eigenvalue weighted by Crippen LogP contribution is 2.25. The second-order valence-corrected chi connectivity index (χ2v) is 11.9. The number of rotatable bonds is 13. The van der Waals surface area contributed by atoms with Crippen molar-refractivity contribution in [2.24, 2.45) is 0 Å². The molecule has 38 heavy (non-hydrogen) atoms. The molecule has 3 aromatic carbocycles. The third-order valence-electron chi connectivity index (χ3n) is 6.14. The van der Waals surface area contributed by atoms with E-state index in [2.05, 4.69) is 27.9 Å². The van der Waals surface area contributed by atoms with E-state index in [4.69, 9.17) is 0 Å². The number of carbonyl (C=O) groups is 2. The molecular formula is C29H34IN3O4S. The van der Waals surface area contributed by atoms with Crippen LogP contribution < -0.4 is 9.62 Å². The number of nitrogens with zero attached hydrogens (tertiary/aromatic N) is 2. The quantitative estimate of drug-likeness (QED) is 0.269. The van der Waals surface area contributed by atoms with E-state index in [-0.39, 0.29) is 17.3 Å². The summed E-state index contributed by atoms with van der Waals surface area (Å²) >= 11 is 2.15. The van der Waals surface area contributed by atoms with Crippen molar-refractivity contribution >= 4 is 50.1 Å². The molecule has 3 rings (SSSR count). The van der Waals surface area contributed by atoms with Gasteiger partial charge in [0.25, 0.3) is 10.0 Å². The number of amides is 2. The summed E-state index contributed by atoms with van der Waals surface area (Å²) in [5.41, 5.74) is 1.41. The molecule has 202 valence electrons. The van der Waals surface area contributed by atoms with Crippen LogP contribution in [0.25, 0.3) is 0 Å². The summed E-state index contributed by atoms with van der Waals surface area (Å²) in [6, 6.07) is 24.1. The highest BCUT2D eigenvalue weighted by Gasteiger charge is 2.33. The van der Waals surface area contributed by atoms with Gasteiger partial charge in [-0.15, -0.1) is 0 Å². The zero-order chi connectivity index (χ0) is 27.5.